The van der Waals surface area contributed by atoms with Crippen molar-refractivity contribution >= 4 is 35.6 Å². The van der Waals surface area contributed by atoms with E-state index < -0.39 is 0 Å². The van der Waals surface area contributed by atoms with Crippen LogP contribution in [-0.4, -0.2) is 44.1 Å². The molecular weight excluding hydrogens is 403 g/mol. The van der Waals surface area contributed by atoms with E-state index in [1.54, 1.807) is 6.26 Å². The zero-order valence-corrected chi connectivity index (χ0v) is 15.6. The van der Waals surface area contributed by atoms with Crippen molar-refractivity contribution in [3.05, 3.63) is 54.5 Å². The monoisotopic (exact) mass is 426 g/mol. The lowest BCUT2D eigenvalue weighted by Gasteiger charge is -2.37. The minimum atomic E-state index is 0. The average molecular weight is 426 g/mol. The Hall–Kier alpha value is -1.70. The van der Waals surface area contributed by atoms with Crippen LogP contribution in [0.2, 0.25) is 0 Å². The molecule has 6 heteroatoms. The van der Waals surface area contributed by atoms with Gasteiger partial charge in [0, 0.05) is 38.9 Å². The molecule has 124 valence electrons. The van der Waals surface area contributed by atoms with Crippen molar-refractivity contribution in [2.24, 2.45) is 4.99 Å². The van der Waals surface area contributed by atoms with E-state index in [9.17, 15) is 0 Å². The molecule has 1 aromatic heterocycles. The number of benzene rings is 1. The molecule has 0 radical (unpaired) electrons. The molecule has 2 aromatic rings. The normalized spacial score (nSPS) is 15.3. The van der Waals surface area contributed by atoms with E-state index in [0.717, 1.165) is 37.9 Å². The molecular formula is C17H23IN4O. The van der Waals surface area contributed by atoms with Crippen LogP contribution in [0.15, 0.2) is 58.1 Å². The highest BCUT2D eigenvalue weighted by atomic mass is 127. The second-order valence-corrected chi connectivity index (χ2v) is 5.29. The molecule has 0 unspecified atom stereocenters. The quantitative estimate of drug-likeness (QED) is 0.466. The van der Waals surface area contributed by atoms with Gasteiger partial charge in [-0.3, -0.25) is 4.99 Å². The molecule has 0 amide bonds. The van der Waals surface area contributed by atoms with Gasteiger partial charge in [0.1, 0.15) is 5.76 Å². The number of nitrogens with one attached hydrogen (secondary N) is 1. The van der Waals surface area contributed by atoms with Crippen LogP contribution in [0.3, 0.4) is 0 Å². The SMILES string of the molecule is CN=C(NCc1ccco1)N1CCN(c2ccccc2)CC1.I. The Labute approximate surface area is 154 Å². The Morgan fingerprint density at radius 1 is 1.09 bits per heavy atom. The minimum absolute atomic E-state index is 0. The van der Waals surface area contributed by atoms with Gasteiger partial charge < -0.3 is 19.5 Å². The maximum absolute atomic E-state index is 5.35. The first-order chi connectivity index (χ1) is 10.9. The van der Waals surface area contributed by atoms with E-state index in [1.165, 1.54) is 5.69 Å². The highest BCUT2D eigenvalue weighted by Crippen LogP contribution is 2.15. The Morgan fingerprint density at radius 3 is 2.43 bits per heavy atom. The molecule has 0 atom stereocenters. The maximum atomic E-state index is 5.35. The van der Waals surface area contributed by atoms with Crippen molar-refractivity contribution in [3.8, 4) is 0 Å². The van der Waals surface area contributed by atoms with Crippen LogP contribution in [0.25, 0.3) is 0 Å². The topological polar surface area (TPSA) is 44.0 Å². The van der Waals surface area contributed by atoms with E-state index in [1.807, 2.05) is 19.2 Å². The molecule has 2 heterocycles. The fraction of sp³-hybridized carbons (Fsp3) is 0.353. The predicted molar refractivity (Wildman–Crippen MR) is 105 cm³/mol. The number of halogens is 1. The maximum Gasteiger partial charge on any atom is 0.194 e. The van der Waals surface area contributed by atoms with Gasteiger partial charge in [0.2, 0.25) is 0 Å². The summed E-state index contributed by atoms with van der Waals surface area (Å²) in [6, 6.07) is 14.4. The third kappa shape index (κ3) is 4.63. The van der Waals surface area contributed by atoms with Gasteiger partial charge in [-0.05, 0) is 24.3 Å². The van der Waals surface area contributed by atoms with Gasteiger partial charge in [0.25, 0.3) is 0 Å². The second kappa shape index (κ2) is 8.81. The number of piperazine rings is 1. The Balaban J connectivity index is 0.00000192. The second-order valence-electron chi connectivity index (χ2n) is 5.29. The van der Waals surface area contributed by atoms with Gasteiger partial charge in [0.05, 0.1) is 12.8 Å². The summed E-state index contributed by atoms with van der Waals surface area (Å²) in [6.45, 7) is 4.61. The van der Waals surface area contributed by atoms with Crippen LogP contribution in [0.4, 0.5) is 5.69 Å². The summed E-state index contributed by atoms with van der Waals surface area (Å²) >= 11 is 0. The lowest BCUT2D eigenvalue weighted by atomic mass is 10.2. The van der Waals surface area contributed by atoms with E-state index in [4.69, 9.17) is 4.42 Å². The highest BCUT2D eigenvalue weighted by molar-refractivity contribution is 14.0. The van der Waals surface area contributed by atoms with Gasteiger partial charge in [-0.1, -0.05) is 18.2 Å². The lowest BCUT2D eigenvalue weighted by molar-refractivity contribution is 0.370. The number of para-hydroxylation sites is 1. The van der Waals surface area contributed by atoms with Crippen LogP contribution in [0.5, 0.6) is 0 Å². The molecule has 1 aromatic carbocycles. The number of rotatable bonds is 3. The average Bonchev–Trinajstić information content (AvgIpc) is 3.10. The standard InChI is InChI=1S/C17H22N4O.HI/c1-18-17(19-14-16-8-5-13-22-16)21-11-9-20(10-12-21)15-6-3-2-4-7-15;/h2-8,13H,9-12,14H2,1H3,(H,18,19);1H. The Morgan fingerprint density at radius 2 is 1.83 bits per heavy atom. The lowest BCUT2D eigenvalue weighted by Crippen LogP contribution is -2.52. The van der Waals surface area contributed by atoms with Crippen LogP contribution in [-0.2, 0) is 6.54 Å². The van der Waals surface area contributed by atoms with Gasteiger partial charge in [-0.15, -0.1) is 24.0 Å². The first-order valence-electron chi connectivity index (χ1n) is 7.65. The number of guanidine groups is 1. The van der Waals surface area contributed by atoms with Crippen molar-refractivity contribution in [1.82, 2.24) is 10.2 Å². The van der Waals surface area contributed by atoms with Crippen LogP contribution < -0.4 is 10.2 Å². The van der Waals surface area contributed by atoms with Gasteiger partial charge in [-0.2, -0.15) is 0 Å². The van der Waals surface area contributed by atoms with E-state index in [2.05, 4.69) is 50.4 Å². The summed E-state index contributed by atoms with van der Waals surface area (Å²) in [5, 5.41) is 3.36. The molecule has 3 rings (SSSR count). The van der Waals surface area contributed by atoms with Crippen molar-refractivity contribution in [3.63, 3.8) is 0 Å². The summed E-state index contributed by atoms with van der Waals surface area (Å²) < 4.78 is 5.35. The highest BCUT2D eigenvalue weighted by Gasteiger charge is 2.19. The number of nitrogens with zero attached hydrogens (tertiary/aromatic N) is 3. The van der Waals surface area contributed by atoms with Gasteiger partial charge >= 0.3 is 0 Å². The van der Waals surface area contributed by atoms with Crippen molar-refractivity contribution < 1.29 is 4.42 Å². The van der Waals surface area contributed by atoms with E-state index >= 15 is 0 Å². The number of hydrogen-bond acceptors (Lipinski definition) is 3. The third-order valence-corrected chi connectivity index (χ3v) is 3.91. The Bertz CT molecular complexity index is 592. The van der Waals surface area contributed by atoms with Gasteiger partial charge in [-0.25, -0.2) is 0 Å². The van der Waals surface area contributed by atoms with Gasteiger partial charge in [0.15, 0.2) is 5.96 Å². The summed E-state index contributed by atoms with van der Waals surface area (Å²) in [6.07, 6.45) is 1.69. The van der Waals surface area contributed by atoms with Crippen LogP contribution in [0.1, 0.15) is 5.76 Å². The number of aliphatic imine (C=N–C) groups is 1. The third-order valence-electron chi connectivity index (χ3n) is 3.91. The van der Waals surface area contributed by atoms with Crippen LogP contribution >= 0.6 is 24.0 Å². The molecule has 1 fully saturated rings. The Kier molecular flexibility index (Phi) is 6.76. The van der Waals surface area contributed by atoms with Crippen molar-refractivity contribution in [2.45, 2.75) is 6.54 Å². The summed E-state index contributed by atoms with van der Waals surface area (Å²) in [7, 11) is 1.83. The number of furan rings is 1. The minimum Gasteiger partial charge on any atom is -0.467 e. The fourth-order valence-corrected chi connectivity index (χ4v) is 2.73. The van der Waals surface area contributed by atoms with Crippen molar-refractivity contribution in [1.29, 1.82) is 0 Å². The van der Waals surface area contributed by atoms with Crippen LogP contribution in [0, 0.1) is 0 Å². The van der Waals surface area contributed by atoms with Crippen molar-refractivity contribution in [2.75, 3.05) is 38.1 Å². The van der Waals surface area contributed by atoms with E-state index in [-0.39, 0.29) is 24.0 Å². The smallest absolute Gasteiger partial charge is 0.194 e. The largest absolute Gasteiger partial charge is 0.467 e. The zero-order valence-electron chi connectivity index (χ0n) is 13.3. The summed E-state index contributed by atoms with van der Waals surface area (Å²) in [4.78, 5) is 9.09. The zero-order chi connectivity index (χ0) is 15.2. The molecule has 5 nitrogen and oxygen atoms in total. The summed E-state index contributed by atoms with van der Waals surface area (Å²) in [5.41, 5.74) is 1.29. The predicted octanol–water partition coefficient (Wildman–Crippen LogP) is 2.80. The fourth-order valence-electron chi connectivity index (χ4n) is 2.73. The molecule has 0 spiro atoms. The molecule has 23 heavy (non-hydrogen) atoms. The molecule has 0 aliphatic carbocycles. The number of hydrogen-bond donors (Lipinski definition) is 1. The van der Waals surface area contributed by atoms with E-state index in [0.29, 0.717) is 6.54 Å². The molecule has 1 N–H and O–H groups in total. The molecule has 0 saturated carbocycles. The first kappa shape index (κ1) is 17.7. The molecule has 1 saturated heterocycles. The molecule has 1 aliphatic heterocycles. The molecule has 0 bridgehead atoms. The first-order valence-corrected chi connectivity index (χ1v) is 7.65. The summed E-state index contributed by atoms with van der Waals surface area (Å²) in [5.74, 6) is 1.85. The number of anilines is 1. The molecule has 1 aliphatic rings.